The Kier molecular flexibility index (Phi) is 6.32. The Balaban J connectivity index is 2.81. The molecule has 0 heterocycles. The standard InChI is InChI=1S/C16H28N2O/c1-6-14(9-17)10-18(4)11-15-13(3)7-12(2)8-16(15)19-5/h7-8,14H,6,9-11,17H2,1-5H3. The number of benzene rings is 1. The lowest BCUT2D eigenvalue weighted by molar-refractivity contribution is 0.263. The molecule has 0 aromatic heterocycles. The SMILES string of the molecule is CCC(CN)CN(C)Cc1c(C)cc(C)cc1OC. The molecule has 0 saturated heterocycles. The van der Waals surface area contributed by atoms with Crippen molar-refractivity contribution in [2.75, 3.05) is 27.2 Å². The summed E-state index contributed by atoms with van der Waals surface area (Å²) < 4.78 is 5.51. The van der Waals surface area contributed by atoms with Crippen LogP contribution in [-0.2, 0) is 6.54 Å². The van der Waals surface area contributed by atoms with Gasteiger partial charge in [0.15, 0.2) is 0 Å². The molecule has 1 atom stereocenters. The molecule has 0 radical (unpaired) electrons. The van der Waals surface area contributed by atoms with E-state index in [1.54, 1.807) is 7.11 Å². The summed E-state index contributed by atoms with van der Waals surface area (Å²) >= 11 is 0. The molecular formula is C16H28N2O. The second-order valence-electron chi connectivity index (χ2n) is 5.47. The molecule has 0 aliphatic carbocycles. The van der Waals surface area contributed by atoms with Crippen molar-refractivity contribution in [1.82, 2.24) is 4.90 Å². The van der Waals surface area contributed by atoms with E-state index in [9.17, 15) is 0 Å². The van der Waals surface area contributed by atoms with Crippen LogP contribution in [-0.4, -0.2) is 32.1 Å². The van der Waals surface area contributed by atoms with Crippen LogP contribution in [0.4, 0.5) is 0 Å². The van der Waals surface area contributed by atoms with Crippen LogP contribution < -0.4 is 10.5 Å². The van der Waals surface area contributed by atoms with Gasteiger partial charge in [-0.25, -0.2) is 0 Å². The molecule has 1 aromatic rings. The third kappa shape index (κ3) is 4.51. The molecule has 1 aromatic carbocycles. The Morgan fingerprint density at radius 1 is 1.32 bits per heavy atom. The number of rotatable bonds is 7. The highest BCUT2D eigenvalue weighted by atomic mass is 16.5. The van der Waals surface area contributed by atoms with E-state index in [0.717, 1.165) is 31.8 Å². The third-order valence-corrected chi connectivity index (χ3v) is 3.70. The largest absolute Gasteiger partial charge is 0.496 e. The first-order valence-corrected chi connectivity index (χ1v) is 7.04. The van der Waals surface area contributed by atoms with Crippen molar-refractivity contribution in [3.63, 3.8) is 0 Å². The number of nitrogens with two attached hydrogens (primary N) is 1. The fraction of sp³-hybridized carbons (Fsp3) is 0.625. The average Bonchev–Trinajstić information content (AvgIpc) is 2.38. The number of aryl methyl sites for hydroxylation is 2. The topological polar surface area (TPSA) is 38.5 Å². The maximum Gasteiger partial charge on any atom is 0.123 e. The monoisotopic (exact) mass is 264 g/mol. The molecule has 108 valence electrons. The summed E-state index contributed by atoms with van der Waals surface area (Å²) in [5.41, 5.74) is 9.60. The van der Waals surface area contributed by atoms with Gasteiger partial charge in [-0.05, 0) is 50.6 Å². The third-order valence-electron chi connectivity index (χ3n) is 3.70. The minimum Gasteiger partial charge on any atom is -0.496 e. The Labute approximate surface area is 117 Å². The number of hydrogen-bond acceptors (Lipinski definition) is 3. The Hall–Kier alpha value is -1.06. The fourth-order valence-corrected chi connectivity index (χ4v) is 2.49. The van der Waals surface area contributed by atoms with Gasteiger partial charge in [0.2, 0.25) is 0 Å². The second kappa shape index (κ2) is 7.51. The quantitative estimate of drug-likeness (QED) is 0.823. The number of hydrogen-bond donors (Lipinski definition) is 1. The van der Waals surface area contributed by atoms with Crippen molar-refractivity contribution in [3.05, 3.63) is 28.8 Å². The van der Waals surface area contributed by atoms with Gasteiger partial charge in [0.1, 0.15) is 5.75 Å². The molecule has 3 nitrogen and oxygen atoms in total. The summed E-state index contributed by atoms with van der Waals surface area (Å²) in [6, 6.07) is 4.32. The van der Waals surface area contributed by atoms with Crippen LogP contribution in [0.5, 0.6) is 5.75 Å². The van der Waals surface area contributed by atoms with Gasteiger partial charge in [-0.2, -0.15) is 0 Å². The van der Waals surface area contributed by atoms with Crippen LogP contribution in [0.2, 0.25) is 0 Å². The first kappa shape index (κ1) is 16.0. The highest BCUT2D eigenvalue weighted by Crippen LogP contribution is 2.25. The Morgan fingerprint density at radius 3 is 2.53 bits per heavy atom. The molecule has 19 heavy (non-hydrogen) atoms. The van der Waals surface area contributed by atoms with Crippen LogP contribution >= 0.6 is 0 Å². The molecular weight excluding hydrogens is 236 g/mol. The van der Waals surface area contributed by atoms with Gasteiger partial charge in [0.05, 0.1) is 7.11 Å². The Morgan fingerprint density at radius 2 is 2.00 bits per heavy atom. The predicted octanol–water partition coefficient (Wildman–Crippen LogP) is 2.73. The molecule has 0 aliphatic heterocycles. The molecule has 1 unspecified atom stereocenters. The van der Waals surface area contributed by atoms with Crippen molar-refractivity contribution in [2.45, 2.75) is 33.7 Å². The minimum absolute atomic E-state index is 0.571. The van der Waals surface area contributed by atoms with Crippen LogP contribution in [0, 0.1) is 19.8 Å². The molecule has 0 fully saturated rings. The highest BCUT2D eigenvalue weighted by molar-refractivity contribution is 5.42. The van der Waals surface area contributed by atoms with Gasteiger partial charge in [0.25, 0.3) is 0 Å². The highest BCUT2D eigenvalue weighted by Gasteiger charge is 2.13. The molecule has 2 N–H and O–H groups in total. The van der Waals surface area contributed by atoms with Crippen LogP contribution in [0.25, 0.3) is 0 Å². The molecule has 3 heteroatoms. The van der Waals surface area contributed by atoms with Crippen molar-refractivity contribution in [3.8, 4) is 5.75 Å². The summed E-state index contributed by atoms with van der Waals surface area (Å²) in [5.74, 6) is 1.56. The van der Waals surface area contributed by atoms with Crippen LogP contribution in [0.15, 0.2) is 12.1 Å². The van der Waals surface area contributed by atoms with Gasteiger partial charge in [0, 0.05) is 18.7 Å². The summed E-state index contributed by atoms with van der Waals surface area (Å²) in [5, 5.41) is 0. The average molecular weight is 264 g/mol. The lowest BCUT2D eigenvalue weighted by atomic mass is 10.0. The van der Waals surface area contributed by atoms with Gasteiger partial charge in [-0.3, -0.25) is 0 Å². The summed E-state index contributed by atoms with van der Waals surface area (Å²) in [6.45, 7) is 9.15. The molecule has 0 spiro atoms. The minimum atomic E-state index is 0.571. The molecule has 0 saturated carbocycles. The number of nitrogens with zero attached hydrogens (tertiary/aromatic N) is 1. The normalized spacial score (nSPS) is 12.8. The Bertz CT molecular complexity index is 400. The zero-order chi connectivity index (χ0) is 14.4. The van der Waals surface area contributed by atoms with E-state index in [0.29, 0.717) is 5.92 Å². The van der Waals surface area contributed by atoms with Gasteiger partial charge in [-0.1, -0.05) is 19.4 Å². The molecule has 1 rings (SSSR count). The second-order valence-corrected chi connectivity index (χ2v) is 5.47. The lowest BCUT2D eigenvalue weighted by Crippen LogP contribution is -2.29. The van der Waals surface area contributed by atoms with E-state index >= 15 is 0 Å². The lowest BCUT2D eigenvalue weighted by Gasteiger charge is -2.24. The van der Waals surface area contributed by atoms with Crippen LogP contribution in [0.3, 0.4) is 0 Å². The van der Waals surface area contributed by atoms with E-state index in [1.807, 2.05) is 0 Å². The summed E-state index contributed by atoms with van der Waals surface area (Å²) in [7, 11) is 3.89. The first-order chi connectivity index (χ1) is 9.01. The number of ether oxygens (including phenoxy) is 1. The smallest absolute Gasteiger partial charge is 0.123 e. The van der Waals surface area contributed by atoms with Crippen LogP contribution in [0.1, 0.15) is 30.0 Å². The van der Waals surface area contributed by atoms with E-state index in [4.69, 9.17) is 10.5 Å². The summed E-state index contributed by atoms with van der Waals surface area (Å²) in [6.07, 6.45) is 1.13. The predicted molar refractivity (Wildman–Crippen MR) is 81.6 cm³/mol. The van der Waals surface area contributed by atoms with Gasteiger partial charge >= 0.3 is 0 Å². The first-order valence-electron chi connectivity index (χ1n) is 7.04. The fourth-order valence-electron chi connectivity index (χ4n) is 2.49. The zero-order valence-electron chi connectivity index (χ0n) is 13.0. The van der Waals surface area contributed by atoms with E-state index in [-0.39, 0.29) is 0 Å². The van der Waals surface area contributed by atoms with Crippen molar-refractivity contribution >= 4 is 0 Å². The van der Waals surface area contributed by atoms with Gasteiger partial charge in [-0.15, -0.1) is 0 Å². The van der Waals surface area contributed by atoms with E-state index < -0.39 is 0 Å². The number of methoxy groups -OCH3 is 1. The van der Waals surface area contributed by atoms with Gasteiger partial charge < -0.3 is 15.4 Å². The van der Waals surface area contributed by atoms with Crippen molar-refractivity contribution in [2.24, 2.45) is 11.7 Å². The van der Waals surface area contributed by atoms with E-state index in [2.05, 4.69) is 44.9 Å². The maximum absolute atomic E-state index is 5.78. The molecule has 0 amide bonds. The molecule has 0 aliphatic rings. The maximum atomic E-state index is 5.78. The summed E-state index contributed by atoms with van der Waals surface area (Å²) in [4.78, 5) is 2.33. The van der Waals surface area contributed by atoms with E-state index in [1.165, 1.54) is 16.7 Å². The van der Waals surface area contributed by atoms with Crippen molar-refractivity contribution in [1.29, 1.82) is 0 Å². The molecule has 0 bridgehead atoms. The van der Waals surface area contributed by atoms with Crippen molar-refractivity contribution < 1.29 is 4.74 Å². The zero-order valence-corrected chi connectivity index (χ0v) is 13.0.